The Kier molecular flexibility index (Phi) is 2.73. The molecule has 0 radical (unpaired) electrons. The maximum atomic E-state index is 3.66. The van der Waals surface area contributed by atoms with E-state index in [0.717, 1.165) is 13.0 Å². The second-order valence-electron chi connectivity index (χ2n) is 2.42. The maximum Gasteiger partial charge on any atom is 0.0373 e. The summed E-state index contributed by atoms with van der Waals surface area (Å²) in [6.45, 7) is 8.34. The van der Waals surface area contributed by atoms with Crippen LogP contribution < -0.4 is 5.32 Å². The molecule has 0 aromatic carbocycles. The van der Waals surface area contributed by atoms with Crippen LogP contribution in [0.5, 0.6) is 0 Å². The lowest BCUT2D eigenvalue weighted by Gasteiger charge is -1.97. The molecule has 0 amide bonds. The van der Waals surface area contributed by atoms with Crippen molar-refractivity contribution < 1.29 is 0 Å². The Labute approximate surface area is 67.8 Å². The monoisotopic (exact) mass is 147 g/mol. The van der Waals surface area contributed by atoms with Gasteiger partial charge in [-0.2, -0.15) is 0 Å². The summed E-state index contributed by atoms with van der Waals surface area (Å²) in [5, 5.41) is 3.27. The number of hydrogen-bond donors (Lipinski definition) is 1. The molecule has 1 fully saturated rings. The summed E-state index contributed by atoms with van der Waals surface area (Å²) in [6.07, 6.45) is 8.73. The van der Waals surface area contributed by atoms with Gasteiger partial charge in [-0.25, -0.2) is 0 Å². The van der Waals surface area contributed by atoms with Crippen molar-refractivity contribution in [3.8, 4) is 0 Å². The first-order valence-corrected chi connectivity index (χ1v) is 3.77. The Morgan fingerprint density at radius 3 is 2.55 bits per heavy atom. The lowest BCUT2D eigenvalue weighted by atomic mass is 10.1. The highest BCUT2D eigenvalue weighted by Crippen LogP contribution is 2.17. The second-order valence-corrected chi connectivity index (χ2v) is 2.42. The standard InChI is InChI=1S/C10H13N/c1-3-5-9-7-8-11-10(9)6-4-2/h3-6,11H,1-2,7-8H2/b9-5-,10-6+. The highest BCUT2D eigenvalue weighted by Gasteiger charge is 2.09. The van der Waals surface area contributed by atoms with E-state index in [4.69, 9.17) is 0 Å². The number of nitrogens with one attached hydrogen (secondary N) is 1. The zero-order valence-corrected chi connectivity index (χ0v) is 6.64. The minimum Gasteiger partial charge on any atom is -0.384 e. The molecule has 1 nitrogen and oxygen atoms in total. The van der Waals surface area contributed by atoms with Crippen LogP contribution in [0.4, 0.5) is 0 Å². The summed E-state index contributed by atoms with van der Waals surface area (Å²) < 4.78 is 0. The van der Waals surface area contributed by atoms with E-state index in [1.54, 1.807) is 6.08 Å². The molecular formula is C10H13N. The number of allylic oxidation sites excluding steroid dienone is 5. The van der Waals surface area contributed by atoms with Crippen LogP contribution in [0.1, 0.15) is 6.42 Å². The molecule has 1 saturated heterocycles. The summed E-state index contributed by atoms with van der Waals surface area (Å²) in [7, 11) is 0. The molecular weight excluding hydrogens is 134 g/mol. The molecule has 11 heavy (non-hydrogen) atoms. The first-order chi connectivity index (χ1) is 5.38. The SMILES string of the molecule is C=C/C=C1/CCN/C1=C/C=C. The first-order valence-electron chi connectivity index (χ1n) is 3.77. The summed E-state index contributed by atoms with van der Waals surface area (Å²) >= 11 is 0. The molecule has 0 unspecified atom stereocenters. The third kappa shape index (κ3) is 1.84. The van der Waals surface area contributed by atoms with E-state index in [1.165, 1.54) is 11.3 Å². The number of rotatable bonds is 2. The van der Waals surface area contributed by atoms with Crippen LogP contribution in [0, 0.1) is 0 Å². The van der Waals surface area contributed by atoms with Crippen molar-refractivity contribution in [3.63, 3.8) is 0 Å². The quantitative estimate of drug-likeness (QED) is 0.631. The number of hydrogen-bond acceptors (Lipinski definition) is 1. The van der Waals surface area contributed by atoms with E-state index >= 15 is 0 Å². The van der Waals surface area contributed by atoms with Crippen LogP contribution in [-0.4, -0.2) is 6.54 Å². The first kappa shape index (κ1) is 7.86. The molecule has 0 atom stereocenters. The maximum absolute atomic E-state index is 3.66. The molecule has 1 N–H and O–H groups in total. The van der Waals surface area contributed by atoms with Crippen molar-refractivity contribution in [1.29, 1.82) is 0 Å². The zero-order chi connectivity index (χ0) is 8.10. The van der Waals surface area contributed by atoms with Gasteiger partial charge < -0.3 is 5.32 Å². The fourth-order valence-corrected chi connectivity index (χ4v) is 1.18. The van der Waals surface area contributed by atoms with Crippen molar-refractivity contribution in [3.05, 3.63) is 48.7 Å². The smallest absolute Gasteiger partial charge is 0.0373 e. The van der Waals surface area contributed by atoms with Crippen LogP contribution in [-0.2, 0) is 0 Å². The van der Waals surface area contributed by atoms with Crippen LogP contribution in [0.3, 0.4) is 0 Å². The van der Waals surface area contributed by atoms with E-state index in [1.807, 2.05) is 18.2 Å². The summed E-state index contributed by atoms with van der Waals surface area (Å²) in [6, 6.07) is 0. The van der Waals surface area contributed by atoms with E-state index in [2.05, 4.69) is 18.5 Å². The Balaban J connectivity index is 2.80. The van der Waals surface area contributed by atoms with Gasteiger partial charge in [0.2, 0.25) is 0 Å². The minimum absolute atomic E-state index is 1.03. The lowest BCUT2D eigenvalue weighted by molar-refractivity contribution is 0.915. The van der Waals surface area contributed by atoms with E-state index in [0.29, 0.717) is 0 Å². The molecule has 1 aliphatic rings. The van der Waals surface area contributed by atoms with Gasteiger partial charge in [-0.05, 0) is 18.1 Å². The van der Waals surface area contributed by atoms with E-state index in [9.17, 15) is 0 Å². The van der Waals surface area contributed by atoms with Crippen LogP contribution in [0.25, 0.3) is 0 Å². The van der Waals surface area contributed by atoms with E-state index < -0.39 is 0 Å². The molecule has 0 bridgehead atoms. The molecule has 1 heterocycles. The van der Waals surface area contributed by atoms with Gasteiger partial charge in [-0.3, -0.25) is 0 Å². The largest absolute Gasteiger partial charge is 0.384 e. The van der Waals surface area contributed by atoms with Gasteiger partial charge in [0.05, 0.1) is 0 Å². The fraction of sp³-hybridized carbons (Fsp3) is 0.200. The highest BCUT2D eigenvalue weighted by molar-refractivity contribution is 5.37. The van der Waals surface area contributed by atoms with Gasteiger partial charge in [0, 0.05) is 12.2 Å². The average molecular weight is 147 g/mol. The molecule has 1 aliphatic heterocycles. The molecule has 58 valence electrons. The van der Waals surface area contributed by atoms with Crippen molar-refractivity contribution in [2.75, 3.05) is 6.54 Å². The third-order valence-corrected chi connectivity index (χ3v) is 1.66. The van der Waals surface area contributed by atoms with Gasteiger partial charge in [-0.1, -0.05) is 31.4 Å². The molecule has 0 aromatic heterocycles. The second kappa shape index (κ2) is 3.81. The Morgan fingerprint density at radius 2 is 1.91 bits per heavy atom. The van der Waals surface area contributed by atoms with Crippen LogP contribution in [0.15, 0.2) is 48.7 Å². The molecule has 1 heteroatoms. The van der Waals surface area contributed by atoms with Crippen molar-refractivity contribution >= 4 is 0 Å². The lowest BCUT2D eigenvalue weighted by Crippen LogP contribution is -2.03. The molecule has 0 aliphatic carbocycles. The molecule has 0 saturated carbocycles. The Hall–Kier alpha value is -1.24. The summed E-state index contributed by atoms with van der Waals surface area (Å²) in [5.74, 6) is 0. The summed E-state index contributed by atoms with van der Waals surface area (Å²) in [5.41, 5.74) is 2.50. The molecule has 0 aromatic rings. The predicted molar refractivity (Wildman–Crippen MR) is 49.2 cm³/mol. The average Bonchev–Trinajstić information content (AvgIpc) is 2.39. The van der Waals surface area contributed by atoms with Gasteiger partial charge in [0.1, 0.15) is 0 Å². The third-order valence-electron chi connectivity index (χ3n) is 1.66. The van der Waals surface area contributed by atoms with E-state index in [-0.39, 0.29) is 0 Å². The van der Waals surface area contributed by atoms with Gasteiger partial charge in [0.25, 0.3) is 0 Å². The van der Waals surface area contributed by atoms with Crippen LogP contribution in [0.2, 0.25) is 0 Å². The summed E-state index contributed by atoms with van der Waals surface area (Å²) in [4.78, 5) is 0. The van der Waals surface area contributed by atoms with Crippen molar-refractivity contribution in [2.24, 2.45) is 0 Å². The van der Waals surface area contributed by atoms with Gasteiger partial charge in [-0.15, -0.1) is 0 Å². The van der Waals surface area contributed by atoms with Crippen molar-refractivity contribution in [2.45, 2.75) is 6.42 Å². The topological polar surface area (TPSA) is 12.0 Å². The minimum atomic E-state index is 1.03. The Morgan fingerprint density at radius 1 is 1.18 bits per heavy atom. The Bertz CT molecular complexity index is 197. The molecule has 1 rings (SSSR count). The van der Waals surface area contributed by atoms with Crippen molar-refractivity contribution in [1.82, 2.24) is 5.32 Å². The highest BCUT2D eigenvalue weighted by atomic mass is 14.9. The zero-order valence-electron chi connectivity index (χ0n) is 6.64. The van der Waals surface area contributed by atoms with Crippen LogP contribution >= 0.6 is 0 Å². The normalized spacial score (nSPS) is 23.6. The predicted octanol–water partition coefficient (Wildman–Crippen LogP) is 2.16. The van der Waals surface area contributed by atoms with Gasteiger partial charge >= 0.3 is 0 Å². The molecule has 0 spiro atoms. The van der Waals surface area contributed by atoms with Gasteiger partial charge in [0.15, 0.2) is 0 Å². The fourth-order valence-electron chi connectivity index (χ4n) is 1.18.